The lowest BCUT2D eigenvalue weighted by atomic mass is 10.0. The highest BCUT2D eigenvalue weighted by molar-refractivity contribution is 9.09. The van der Waals surface area contributed by atoms with E-state index in [0.717, 1.165) is 11.2 Å². The van der Waals surface area contributed by atoms with E-state index >= 15 is 0 Å². The van der Waals surface area contributed by atoms with E-state index in [1.54, 1.807) is 0 Å². The maximum absolute atomic E-state index is 5.83. The number of halogens is 1. The lowest BCUT2D eigenvalue weighted by molar-refractivity contribution is 0.465. The summed E-state index contributed by atoms with van der Waals surface area (Å²) in [7, 11) is 0. The number of hydrogen-bond donors (Lipinski definition) is 1. The zero-order valence-electron chi connectivity index (χ0n) is 5.65. The molecule has 0 radical (unpaired) electrons. The van der Waals surface area contributed by atoms with Gasteiger partial charge in [0.1, 0.15) is 0 Å². The average Bonchev–Trinajstić information content (AvgIpc) is 2.37. The van der Waals surface area contributed by atoms with Gasteiger partial charge in [-0.2, -0.15) is 0 Å². The van der Waals surface area contributed by atoms with Crippen molar-refractivity contribution in [1.29, 1.82) is 0 Å². The smallest absolute Gasteiger partial charge is 0.0186 e. The molecule has 1 aliphatic carbocycles. The predicted octanol–water partition coefficient (Wildman–Crippen LogP) is 1.90. The number of alkyl halides is 1. The van der Waals surface area contributed by atoms with E-state index in [9.17, 15) is 0 Å². The van der Waals surface area contributed by atoms with Gasteiger partial charge in [0.15, 0.2) is 0 Å². The first-order chi connectivity index (χ1) is 4.34. The monoisotopic (exact) mass is 191 g/mol. The third kappa shape index (κ3) is 1.94. The standard InChI is InChI=1S/C7H14BrN/c8-5-7(9)6-3-1-2-4-6/h6-7H,1-5,9H2. The van der Waals surface area contributed by atoms with Gasteiger partial charge in [-0.15, -0.1) is 0 Å². The van der Waals surface area contributed by atoms with E-state index in [-0.39, 0.29) is 0 Å². The summed E-state index contributed by atoms with van der Waals surface area (Å²) >= 11 is 3.40. The topological polar surface area (TPSA) is 26.0 Å². The van der Waals surface area contributed by atoms with Gasteiger partial charge in [-0.1, -0.05) is 28.8 Å². The maximum Gasteiger partial charge on any atom is 0.0186 e. The molecule has 1 atom stereocenters. The second-order valence-corrected chi connectivity index (χ2v) is 3.51. The molecule has 0 amide bonds. The second-order valence-electron chi connectivity index (χ2n) is 2.86. The molecule has 0 aromatic rings. The summed E-state index contributed by atoms with van der Waals surface area (Å²) in [6.07, 6.45) is 5.50. The average molecular weight is 192 g/mol. The van der Waals surface area contributed by atoms with E-state index < -0.39 is 0 Å². The Morgan fingerprint density at radius 1 is 1.44 bits per heavy atom. The van der Waals surface area contributed by atoms with Gasteiger partial charge in [0.05, 0.1) is 0 Å². The van der Waals surface area contributed by atoms with Gasteiger partial charge in [-0.3, -0.25) is 0 Å². The first kappa shape index (κ1) is 7.55. The summed E-state index contributed by atoms with van der Waals surface area (Å²) in [5, 5.41) is 0.970. The molecule has 0 aromatic heterocycles. The number of hydrogen-bond acceptors (Lipinski definition) is 1. The Hall–Kier alpha value is 0.440. The van der Waals surface area contributed by atoms with Gasteiger partial charge >= 0.3 is 0 Å². The fourth-order valence-corrected chi connectivity index (χ4v) is 2.04. The van der Waals surface area contributed by atoms with Crippen LogP contribution >= 0.6 is 15.9 Å². The molecule has 1 saturated carbocycles. The SMILES string of the molecule is NC(CBr)C1CCCC1. The highest BCUT2D eigenvalue weighted by Gasteiger charge is 2.20. The molecule has 1 fully saturated rings. The van der Waals surface area contributed by atoms with Crippen molar-refractivity contribution in [2.24, 2.45) is 11.7 Å². The highest BCUT2D eigenvalue weighted by atomic mass is 79.9. The van der Waals surface area contributed by atoms with Crippen LogP contribution in [0.25, 0.3) is 0 Å². The fourth-order valence-electron chi connectivity index (χ4n) is 1.51. The molecule has 2 N–H and O–H groups in total. The summed E-state index contributed by atoms with van der Waals surface area (Å²) in [6.45, 7) is 0. The minimum Gasteiger partial charge on any atom is -0.327 e. The normalized spacial score (nSPS) is 24.7. The van der Waals surface area contributed by atoms with Crippen LogP contribution in [-0.2, 0) is 0 Å². The molecule has 0 bridgehead atoms. The molecule has 0 heterocycles. The minimum absolute atomic E-state index is 0.410. The summed E-state index contributed by atoms with van der Waals surface area (Å²) in [4.78, 5) is 0. The van der Waals surface area contributed by atoms with Crippen molar-refractivity contribution < 1.29 is 0 Å². The molecule has 0 aliphatic heterocycles. The zero-order chi connectivity index (χ0) is 6.69. The van der Waals surface area contributed by atoms with E-state index in [1.165, 1.54) is 25.7 Å². The fraction of sp³-hybridized carbons (Fsp3) is 1.00. The Morgan fingerprint density at radius 2 is 2.00 bits per heavy atom. The number of nitrogens with two attached hydrogens (primary N) is 1. The first-order valence-electron chi connectivity index (χ1n) is 3.66. The van der Waals surface area contributed by atoms with Crippen molar-refractivity contribution in [3.05, 3.63) is 0 Å². The van der Waals surface area contributed by atoms with E-state index in [4.69, 9.17) is 5.73 Å². The van der Waals surface area contributed by atoms with Crippen LogP contribution < -0.4 is 5.73 Å². The largest absolute Gasteiger partial charge is 0.327 e. The van der Waals surface area contributed by atoms with Gasteiger partial charge in [-0.25, -0.2) is 0 Å². The lowest BCUT2D eigenvalue weighted by Gasteiger charge is -2.14. The summed E-state index contributed by atoms with van der Waals surface area (Å²) in [6, 6.07) is 0.410. The molecule has 1 rings (SSSR count). The predicted molar refractivity (Wildman–Crippen MR) is 43.7 cm³/mol. The third-order valence-corrected chi connectivity index (χ3v) is 2.93. The van der Waals surface area contributed by atoms with Crippen LogP contribution in [0.15, 0.2) is 0 Å². The molecule has 54 valence electrons. The Kier molecular flexibility index (Phi) is 2.99. The number of rotatable bonds is 2. The summed E-state index contributed by atoms with van der Waals surface area (Å²) in [5.74, 6) is 0.810. The van der Waals surface area contributed by atoms with Crippen LogP contribution in [0.5, 0.6) is 0 Å². The van der Waals surface area contributed by atoms with Crippen LogP contribution in [0.3, 0.4) is 0 Å². The van der Waals surface area contributed by atoms with Crippen LogP contribution in [-0.4, -0.2) is 11.4 Å². The van der Waals surface area contributed by atoms with Crippen molar-refractivity contribution >= 4 is 15.9 Å². The Labute approximate surface area is 65.1 Å². The minimum atomic E-state index is 0.410. The van der Waals surface area contributed by atoms with Crippen molar-refractivity contribution in [3.63, 3.8) is 0 Å². The quantitative estimate of drug-likeness (QED) is 0.664. The molecule has 0 aromatic carbocycles. The van der Waals surface area contributed by atoms with Crippen molar-refractivity contribution in [3.8, 4) is 0 Å². The molecule has 1 aliphatic rings. The maximum atomic E-state index is 5.83. The molecular formula is C7H14BrN. The molecule has 1 nitrogen and oxygen atoms in total. The highest BCUT2D eigenvalue weighted by Crippen LogP contribution is 2.27. The first-order valence-corrected chi connectivity index (χ1v) is 4.78. The van der Waals surface area contributed by atoms with Gasteiger partial charge in [0.25, 0.3) is 0 Å². The van der Waals surface area contributed by atoms with Gasteiger partial charge < -0.3 is 5.73 Å². The van der Waals surface area contributed by atoms with Crippen LogP contribution in [0.1, 0.15) is 25.7 Å². The van der Waals surface area contributed by atoms with E-state index in [0.29, 0.717) is 6.04 Å². The van der Waals surface area contributed by atoms with Crippen LogP contribution in [0.2, 0.25) is 0 Å². The van der Waals surface area contributed by atoms with Gasteiger partial charge in [0, 0.05) is 11.4 Å². The molecule has 1 unspecified atom stereocenters. The van der Waals surface area contributed by atoms with Crippen molar-refractivity contribution in [1.82, 2.24) is 0 Å². The lowest BCUT2D eigenvalue weighted by Crippen LogP contribution is -2.29. The molecule has 2 heteroatoms. The van der Waals surface area contributed by atoms with E-state index in [1.807, 2.05) is 0 Å². The molecule has 9 heavy (non-hydrogen) atoms. The Balaban J connectivity index is 2.24. The molecule has 0 saturated heterocycles. The van der Waals surface area contributed by atoms with Crippen LogP contribution in [0, 0.1) is 5.92 Å². The van der Waals surface area contributed by atoms with Gasteiger partial charge in [0.2, 0.25) is 0 Å². The summed E-state index contributed by atoms with van der Waals surface area (Å²) in [5.41, 5.74) is 5.83. The Morgan fingerprint density at radius 3 is 2.44 bits per heavy atom. The van der Waals surface area contributed by atoms with Crippen molar-refractivity contribution in [2.75, 3.05) is 5.33 Å². The van der Waals surface area contributed by atoms with Crippen molar-refractivity contribution in [2.45, 2.75) is 31.7 Å². The molecular weight excluding hydrogens is 178 g/mol. The van der Waals surface area contributed by atoms with Gasteiger partial charge in [-0.05, 0) is 18.8 Å². The second kappa shape index (κ2) is 3.57. The molecule has 0 spiro atoms. The third-order valence-electron chi connectivity index (χ3n) is 2.18. The Bertz CT molecular complexity index is 79.0. The summed E-state index contributed by atoms with van der Waals surface area (Å²) < 4.78 is 0. The van der Waals surface area contributed by atoms with E-state index in [2.05, 4.69) is 15.9 Å². The zero-order valence-corrected chi connectivity index (χ0v) is 7.23. The van der Waals surface area contributed by atoms with Crippen LogP contribution in [0.4, 0.5) is 0 Å².